The lowest BCUT2D eigenvalue weighted by Crippen LogP contribution is -2.50. The Hall–Kier alpha value is -1.48. The largest absolute Gasteiger partial charge is 0.353 e. The lowest BCUT2D eigenvalue weighted by molar-refractivity contribution is 0.896. The molecule has 3 heteroatoms. The first-order valence-electron chi connectivity index (χ1n) is 8.82. The smallest absolute Gasteiger partial charge is 0.266 e. The Morgan fingerprint density at radius 3 is 1.43 bits per heavy atom. The molecule has 2 nitrogen and oxygen atoms in total. The fourth-order valence-corrected chi connectivity index (χ4v) is 8.93. The molecule has 0 atom stereocenters. The molecule has 1 aliphatic heterocycles. The van der Waals surface area contributed by atoms with E-state index in [0.717, 1.165) is 12.8 Å². The van der Waals surface area contributed by atoms with E-state index in [2.05, 4.69) is 69.7 Å². The van der Waals surface area contributed by atoms with Crippen LogP contribution in [0.25, 0.3) is 5.57 Å². The van der Waals surface area contributed by atoms with Gasteiger partial charge in [-0.25, -0.2) is 0 Å². The SMILES string of the molecule is C=C1c2c(C)c(CC)c(C)n2[Si](C)(C)n2c(C)c(CC)c(C)c21. The number of hydrogen-bond acceptors (Lipinski definition) is 0. The number of aromatic nitrogens is 2. The normalized spacial score (nSPS) is 15.7. The van der Waals surface area contributed by atoms with E-state index < -0.39 is 8.40 Å². The van der Waals surface area contributed by atoms with Crippen LogP contribution in [-0.2, 0) is 12.8 Å². The molecule has 23 heavy (non-hydrogen) atoms. The predicted octanol–water partition coefficient (Wildman–Crippen LogP) is 5.12. The highest BCUT2D eigenvalue weighted by atomic mass is 28.3. The van der Waals surface area contributed by atoms with Crippen molar-refractivity contribution in [3.05, 3.63) is 51.6 Å². The Balaban J connectivity index is 2.46. The van der Waals surface area contributed by atoms with Gasteiger partial charge in [-0.1, -0.05) is 20.4 Å². The minimum Gasteiger partial charge on any atom is -0.353 e. The fourth-order valence-electron chi connectivity index (χ4n) is 5.11. The van der Waals surface area contributed by atoms with Gasteiger partial charge in [0.05, 0.1) is 0 Å². The molecule has 3 heterocycles. The van der Waals surface area contributed by atoms with Gasteiger partial charge in [0.2, 0.25) is 0 Å². The van der Waals surface area contributed by atoms with E-state index in [1.54, 1.807) is 0 Å². The van der Waals surface area contributed by atoms with Crippen molar-refractivity contribution < 1.29 is 0 Å². The first-order valence-corrected chi connectivity index (χ1v) is 11.7. The molecule has 0 saturated heterocycles. The third kappa shape index (κ3) is 1.80. The molecule has 0 saturated carbocycles. The Bertz CT molecular complexity index is 765. The highest BCUT2D eigenvalue weighted by molar-refractivity contribution is 6.75. The number of fused-ring (bicyclic) bond motifs is 2. The Morgan fingerprint density at radius 1 is 0.783 bits per heavy atom. The lowest BCUT2D eigenvalue weighted by Gasteiger charge is -2.38. The average molecular weight is 327 g/mol. The first-order chi connectivity index (χ1) is 10.7. The molecule has 0 fully saturated rings. The van der Waals surface area contributed by atoms with Gasteiger partial charge in [-0.15, -0.1) is 0 Å². The van der Waals surface area contributed by atoms with Crippen LogP contribution in [0, 0.1) is 27.7 Å². The number of hydrogen-bond donors (Lipinski definition) is 0. The zero-order valence-electron chi connectivity index (χ0n) is 16.0. The van der Waals surface area contributed by atoms with Crippen LogP contribution in [-0.4, -0.2) is 16.9 Å². The van der Waals surface area contributed by atoms with Gasteiger partial charge >= 0.3 is 0 Å². The lowest BCUT2D eigenvalue weighted by atomic mass is 9.99. The summed E-state index contributed by atoms with van der Waals surface area (Å²) in [6.07, 6.45) is 2.20. The second-order valence-electron chi connectivity index (χ2n) is 7.43. The molecule has 124 valence electrons. The molecule has 0 radical (unpaired) electrons. The summed E-state index contributed by atoms with van der Waals surface area (Å²) < 4.78 is 5.31. The van der Waals surface area contributed by atoms with E-state index in [-0.39, 0.29) is 0 Å². The third-order valence-corrected chi connectivity index (χ3v) is 9.29. The summed E-state index contributed by atoms with van der Waals surface area (Å²) in [5, 5.41) is 0. The second kappa shape index (κ2) is 5.00. The van der Waals surface area contributed by atoms with E-state index in [4.69, 9.17) is 0 Å². The highest BCUT2D eigenvalue weighted by Crippen LogP contribution is 2.42. The van der Waals surface area contributed by atoms with Crippen LogP contribution in [0.1, 0.15) is 58.9 Å². The molecule has 2 aromatic rings. The van der Waals surface area contributed by atoms with E-state index >= 15 is 0 Å². The van der Waals surface area contributed by atoms with E-state index in [1.165, 1.54) is 50.6 Å². The second-order valence-corrected chi connectivity index (χ2v) is 11.3. The average Bonchev–Trinajstić information content (AvgIpc) is 2.89. The van der Waals surface area contributed by atoms with Crippen LogP contribution >= 0.6 is 0 Å². The maximum Gasteiger partial charge on any atom is 0.266 e. The van der Waals surface area contributed by atoms with Gasteiger partial charge in [-0.2, -0.15) is 0 Å². The summed E-state index contributed by atoms with van der Waals surface area (Å²) in [7, 11) is -1.84. The van der Waals surface area contributed by atoms with Gasteiger partial charge < -0.3 is 8.47 Å². The van der Waals surface area contributed by atoms with E-state index in [9.17, 15) is 0 Å². The van der Waals surface area contributed by atoms with Crippen molar-refractivity contribution in [2.24, 2.45) is 0 Å². The van der Waals surface area contributed by atoms with Gasteiger partial charge in [-0.3, -0.25) is 0 Å². The highest BCUT2D eigenvalue weighted by Gasteiger charge is 2.41. The number of rotatable bonds is 2. The molecule has 0 amide bonds. The Morgan fingerprint density at radius 2 is 1.13 bits per heavy atom. The molecular formula is C20H30N2Si. The van der Waals surface area contributed by atoms with Crippen LogP contribution in [0.15, 0.2) is 6.58 Å². The van der Waals surface area contributed by atoms with Gasteiger partial charge in [0.15, 0.2) is 0 Å². The Kier molecular flexibility index (Phi) is 3.56. The number of nitrogens with zero attached hydrogens (tertiary/aromatic N) is 2. The van der Waals surface area contributed by atoms with Gasteiger partial charge in [0.1, 0.15) is 0 Å². The summed E-state index contributed by atoms with van der Waals surface area (Å²) in [4.78, 5) is 0. The summed E-state index contributed by atoms with van der Waals surface area (Å²) in [6, 6.07) is 0. The van der Waals surface area contributed by atoms with E-state index in [0.29, 0.717) is 0 Å². The molecular weight excluding hydrogens is 296 g/mol. The fraction of sp³-hybridized carbons (Fsp3) is 0.500. The third-order valence-electron chi connectivity index (χ3n) is 5.98. The van der Waals surface area contributed by atoms with E-state index in [1.807, 2.05) is 0 Å². The van der Waals surface area contributed by atoms with Crippen molar-refractivity contribution in [1.29, 1.82) is 0 Å². The summed E-state index contributed by atoms with van der Waals surface area (Å²) in [6.45, 7) is 23.2. The van der Waals surface area contributed by atoms with Crippen LogP contribution in [0.3, 0.4) is 0 Å². The minimum absolute atomic E-state index is 1.10. The zero-order valence-corrected chi connectivity index (χ0v) is 17.0. The van der Waals surface area contributed by atoms with Crippen molar-refractivity contribution >= 4 is 14.0 Å². The maximum atomic E-state index is 4.54. The molecule has 0 spiro atoms. The van der Waals surface area contributed by atoms with Crippen molar-refractivity contribution in [3.8, 4) is 0 Å². The topological polar surface area (TPSA) is 9.86 Å². The van der Waals surface area contributed by atoms with Crippen LogP contribution in [0.5, 0.6) is 0 Å². The quantitative estimate of drug-likeness (QED) is 0.678. The van der Waals surface area contributed by atoms with Gasteiger partial charge in [-0.05, 0) is 75.9 Å². The minimum atomic E-state index is -1.84. The van der Waals surface area contributed by atoms with Gasteiger partial charge in [0.25, 0.3) is 8.40 Å². The molecule has 0 aliphatic carbocycles. The summed E-state index contributed by atoms with van der Waals surface area (Å²) >= 11 is 0. The Labute approximate surface area is 142 Å². The molecule has 2 aromatic heterocycles. The molecule has 0 bridgehead atoms. The van der Waals surface area contributed by atoms with Crippen LogP contribution < -0.4 is 0 Å². The molecule has 1 aliphatic rings. The summed E-state index contributed by atoms with van der Waals surface area (Å²) in [5.41, 5.74) is 12.8. The van der Waals surface area contributed by atoms with Crippen molar-refractivity contribution in [2.75, 3.05) is 0 Å². The van der Waals surface area contributed by atoms with Crippen LogP contribution in [0.2, 0.25) is 13.1 Å². The molecule has 0 N–H and O–H groups in total. The summed E-state index contributed by atoms with van der Waals surface area (Å²) in [5.74, 6) is 0. The van der Waals surface area contributed by atoms with Crippen molar-refractivity contribution in [3.63, 3.8) is 0 Å². The molecule has 0 unspecified atom stereocenters. The predicted molar refractivity (Wildman–Crippen MR) is 103 cm³/mol. The molecule has 0 aromatic carbocycles. The maximum absolute atomic E-state index is 4.54. The monoisotopic (exact) mass is 326 g/mol. The zero-order chi connectivity index (χ0) is 17.3. The van der Waals surface area contributed by atoms with Crippen molar-refractivity contribution in [1.82, 2.24) is 8.47 Å². The van der Waals surface area contributed by atoms with Gasteiger partial charge in [0, 0.05) is 28.3 Å². The van der Waals surface area contributed by atoms with Crippen molar-refractivity contribution in [2.45, 2.75) is 67.5 Å². The first kappa shape index (κ1) is 16.4. The van der Waals surface area contributed by atoms with Crippen LogP contribution in [0.4, 0.5) is 0 Å². The molecule has 3 rings (SSSR count). The standard InChI is InChI=1S/C20H30N2Si/c1-10-17-12(3)19-14(5)20-13(4)18(11-2)16(7)22(20)23(8,9)21(19)15(17)6/h5,10-11H2,1-4,6-9H3.